The van der Waals surface area contributed by atoms with E-state index in [1.165, 1.54) is 42.4 Å². The van der Waals surface area contributed by atoms with Crippen molar-refractivity contribution in [3.05, 3.63) is 29.6 Å². The quantitative estimate of drug-likeness (QED) is 0.804. The standard InChI is InChI=1S/C21H28FN3O3/c1-20(2)14-21(16-13-15(22)7-8-17(16)28-20)18(26)25(19(27)23-21)12-6-11-24-9-4-3-5-10-24/h7-8,13H,3-6,9-12,14H2,1-2H3,(H,23,27). The summed E-state index contributed by atoms with van der Waals surface area (Å²) in [6, 6.07) is 3.74. The molecule has 3 amide bonds. The van der Waals surface area contributed by atoms with Gasteiger partial charge in [-0.25, -0.2) is 9.18 Å². The Bertz CT molecular complexity index is 791. The molecule has 3 heterocycles. The molecule has 0 bridgehead atoms. The first-order valence-electron chi connectivity index (χ1n) is 10.2. The lowest BCUT2D eigenvalue weighted by molar-refractivity contribution is -0.134. The number of hydrogen-bond acceptors (Lipinski definition) is 4. The summed E-state index contributed by atoms with van der Waals surface area (Å²) in [6.07, 6.45) is 4.71. The van der Waals surface area contributed by atoms with Gasteiger partial charge in [-0.1, -0.05) is 6.42 Å². The van der Waals surface area contributed by atoms with Crippen molar-refractivity contribution in [1.82, 2.24) is 15.1 Å². The first-order chi connectivity index (χ1) is 13.3. The van der Waals surface area contributed by atoms with E-state index in [0.29, 0.717) is 17.9 Å². The summed E-state index contributed by atoms with van der Waals surface area (Å²) >= 11 is 0. The van der Waals surface area contributed by atoms with E-state index in [1.807, 2.05) is 13.8 Å². The largest absolute Gasteiger partial charge is 0.487 e. The molecule has 1 N–H and O–H groups in total. The van der Waals surface area contributed by atoms with Gasteiger partial charge < -0.3 is 15.0 Å². The monoisotopic (exact) mass is 389 g/mol. The minimum Gasteiger partial charge on any atom is -0.487 e. The zero-order chi connectivity index (χ0) is 19.9. The second-order valence-corrected chi connectivity index (χ2v) is 8.73. The Hall–Kier alpha value is -2.15. The van der Waals surface area contributed by atoms with E-state index in [2.05, 4.69) is 10.2 Å². The second kappa shape index (κ2) is 7.03. The van der Waals surface area contributed by atoms with Crippen LogP contribution in [-0.4, -0.2) is 53.5 Å². The fourth-order valence-electron chi connectivity index (χ4n) is 4.76. The van der Waals surface area contributed by atoms with Crippen LogP contribution < -0.4 is 10.1 Å². The van der Waals surface area contributed by atoms with Crippen molar-refractivity contribution in [2.45, 2.75) is 57.1 Å². The molecule has 0 aromatic heterocycles. The summed E-state index contributed by atoms with van der Waals surface area (Å²) in [6.45, 7) is 7.17. The fraction of sp³-hybridized carbons (Fsp3) is 0.619. The van der Waals surface area contributed by atoms with Crippen molar-refractivity contribution in [1.29, 1.82) is 0 Å². The van der Waals surface area contributed by atoms with Gasteiger partial charge in [0.2, 0.25) is 0 Å². The third kappa shape index (κ3) is 3.36. The Morgan fingerprint density at radius 1 is 1.14 bits per heavy atom. The third-order valence-electron chi connectivity index (χ3n) is 5.96. The van der Waals surface area contributed by atoms with E-state index in [4.69, 9.17) is 4.74 Å². The maximum absolute atomic E-state index is 14.0. The lowest BCUT2D eigenvalue weighted by Gasteiger charge is -2.42. The number of nitrogens with one attached hydrogen (secondary N) is 1. The molecular weight excluding hydrogens is 361 g/mol. The summed E-state index contributed by atoms with van der Waals surface area (Å²) in [5, 5.41) is 2.87. The first kappa shape index (κ1) is 19.2. The lowest BCUT2D eigenvalue weighted by atomic mass is 9.77. The molecule has 0 saturated carbocycles. The number of nitrogens with zero attached hydrogens (tertiary/aromatic N) is 2. The van der Waals surface area contributed by atoms with Crippen molar-refractivity contribution < 1.29 is 18.7 Å². The molecule has 1 atom stereocenters. The summed E-state index contributed by atoms with van der Waals surface area (Å²) in [4.78, 5) is 29.8. The number of carbonyl (C=O) groups is 2. The zero-order valence-corrected chi connectivity index (χ0v) is 16.6. The molecule has 0 aliphatic carbocycles. The highest BCUT2D eigenvalue weighted by molar-refractivity contribution is 6.08. The zero-order valence-electron chi connectivity index (χ0n) is 16.6. The number of imide groups is 1. The topological polar surface area (TPSA) is 61.9 Å². The van der Waals surface area contributed by atoms with Crippen LogP contribution >= 0.6 is 0 Å². The normalized spacial score (nSPS) is 26.9. The highest BCUT2D eigenvalue weighted by Gasteiger charge is 2.58. The number of likely N-dealkylation sites (tertiary alicyclic amines) is 1. The van der Waals surface area contributed by atoms with Gasteiger partial charge in [-0.05, 0) is 70.9 Å². The van der Waals surface area contributed by atoms with Crippen LogP contribution in [0.4, 0.5) is 9.18 Å². The van der Waals surface area contributed by atoms with Crippen LogP contribution in [0.1, 0.15) is 51.5 Å². The second-order valence-electron chi connectivity index (χ2n) is 8.73. The van der Waals surface area contributed by atoms with Gasteiger partial charge in [0, 0.05) is 18.5 Å². The van der Waals surface area contributed by atoms with Gasteiger partial charge in [0.1, 0.15) is 17.2 Å². The first-order valence-corrected chi connectivity index (χ1v) is 10.2. The molecule has 6 nitrogen and oxygen atoms in total. The summed E-state index contributed by atoms with van der Waals surface area (Å²) in [5.41, 5.74) is -1.51. The molecule has 152 valence electrons. The van der Waals surface area contributed by atoms with Gasteiger partial charge in [0.05, 0.1) is 0 Å². The van der Waals surface area contributed by atoms with Gasteiger partial charge >= 0.3 is 6.03 Å². The highest BCUT2D eigenvalue weighted by Crippen LogP contribution is 2.46. The maximum Gasteiger partial charge on any atom is 0.325 e. The SMILES string of the molecule is CC1(C)CC2(NC(=O)N(CCCN3CCCCC3)C2=O)c2cc(F)ccc2O1. The van der Waals surface area contributed by atoms with Crippen LogP contribution in [0.25, 0.3) is 0 Å². The molecule has 1 aromatic carbocycles. The van der Waals surface area contributed by atoms with Gasteiger partial charge in [-0.3, -0.25) is 9.69 Å². The summed E-state index contributed by atoms with van der Waals surface area (Å²) in [7, 11) is 0. The van der Waals surface area contributed by atoms with Crippen molar-refractivity contribution in [3.8, 4) is 5.75 Å². The lowest BCUT2D eigenvalue weighted by Crippen LogP contribution is -2.53. The van der Waals surface area contributed by atoms with Crippen molar-refractivity contribution >= 4 is 11.9 Å². The number of rotatable bonds is 4. The van der Waals surface area contributed by atoms with Crippen molar-refractivity contribution in [2.24, 2.45) is 0 Å². The van der Waals surface area contributed by atoms with Gasteiger partial charge in [-0.2, -0.15) is 0 Å². The average Bonchev–Trinajstić information content (AvgIpc) is 2.87. The molecule has 1 aromatic rings. The van der Waals surface area contributed by atoms with Gasteiger partial charge in [0.25, 0.3) is 5.91 Å². The van der Waals surface area contributed by atoms with E-state index in [9.17, 15) is 14.0 Å². The predicted molar refractivity (Wildman–Crippen MR) is 103 cm³/mol. The average molecular weight is 389 g/mol. The van der Waals surface area contributed by atoms with E-state index >= 15 is 0 Å². The van der Waals surface area contributed by atoms with Crippen LogP contribution in [-0.2, 0) is 10.3 Å². The van der Waals surface area contributed by atoms with Gasteiger partial charge in [0.15, 0.2) is 5.54 Å². The van der Waals surface area contributed by atoms with Crippen molar-refractivity contribution in [3.63, 3.8) is 0 Å². The van der Waals surface area contributed by atoms with E-state index in [-0.39, 0.29) is 12.3 Å². The third-order valence-corrected chi connectivity index (χ3v) is 5.96. The fourth-order valence-corrected chi connectivity index (χ4v) is 4.76. The molecule has 4 rings (SSSR count). The summed E-state index contributed by atoms with van der Waals surface area (Å²) < 4.78 is 19.9. The van der Waals surface area contributed by atoms with E-state index in [1.54, 1.807) is 0 Å². The number of piperidine rings is 1. The smallest absolute Gasteiger partial charge is 0.325 e. The Morgan fingerprint density at radius 2 is 1.89 bits per heavy atom. The van der Waals surface area contributed by atoms with Crippen molar-refractivity contribution in [2.75, 3.05) is 26.2 Å². The number of amides is 3. The van der Waals surface area contributed by atoms with Crippen LogP contribution in [0.15, 0.2) is 18.2 Å². The molecule has 2 fully saturated rings. The Balaban J connectivity index is 1.54. The Morgan fingerprint density at radius 3 is 2.64 bits per heavy atom. The van der Waals surface area contributed by atoms with Crippen LogP contribution in [0.3, 0.4) is 0 Å². The molecule has 3 aliphatic heterocycles. The molecular formula is C21H28FN3O3. The summed E-state index contributed by atoms with van der Waals surface area (Å²) in [5.74, 6) is -0.312. The van der Waals surface area contributed by atoms with Crippen LogP contribution in [0.2, 0.25) is 0 Å². The minimum atomic E-state index is -1.26. The molecule has 1 spiro atoms. The van der Waals surface area contributed by atoms with Crippen LogP contribution in [0, 0.1) is 5.82 Å². The Kier molecular flexibility index (Phi) is 4.81. The van der Waals surface area contributed by atoms with Crippen LogP contribution in [0.5, 0.6) is 5.75 Å². The Labute approximate surface area is 165 Å². The van der Waals surface area contributed by atoms with E-state index in [0.717, 1.165) is 26.1 Å². The molecule has 3 aliphatic rings. The predicted octanol–water partition coefficient (Wildman–Crippen LogP) is 3.01. The van der Waals surface area contributed by atoms with Gasteiger partial charge in [-0.15, -0.1) is 0 Å². The molecule has 2 saturated heterocycles. The highest BCUT2D eigenvalue weighted by atomic mass is 19.1. The maximum atomic E-state index is 14.0. The minimum absolute atomic E-state index is 0.268. The molecule has 1 unspecified atom stereocenters. The number of carbonyl (C=O) groups excluding carboxylic acids is 2. The number of ether oxygens (including phenoxy) is 1. The number of benzene rings is 1. The number of halogens is 1. The molecule has 7 heteroatoms. The van der Waals surface area contributed by atoms with E-state index < -0.39 is 23.0 Å². The number of fused-ring (bicyclic) bond motifs is 2. The number of hydrogen-bond donors (Lipinski definition) is 1. The molecule has 0 radical (unpaired) electrons. The number of urea groups is 1. The molecule has 28 heavy (non-hydrogen) atoms.